The van der Waals surface area contributed by atoms with Gasteiger partial charge in [-0.1, -0.05) is 0 Å². The SMILES string of the molecule is CC1CS(=O)(=O)CCN1c1cc(CO)ccn1. The normalized spacial score (nSPS) is 23.6. The second-order valence-electron chi connectivity index (χ2n) is 4.34. The quantitative estimate of drug-likeness (QED) is 0.818. The molecular formula is C11H16N2O3S. The van der Waals surface area contributed by atoms with E-state index in [-0.39, 0.29) is 24.2 Å². The monoisotopic (exact) mass is 256 g/mol. The predicted octanol–water partition coefficient (Wildman–Crippen LogP) is 0.197. The third-order valence-corrected chi connectivity index (χ3v) is 4.75. The summed E-state index contributed by atoms with van der Waals surface area (Å²) >= 11 is 0. The molecule has 0 amide bonds. The molecule has 1 aliphatic rings. The number of sulfone groups is 1. The van der Waals surface area contributed by atoms with Crippen molar-refractivity contribution < 1.29 is 13.5 Å². The number of rotatable bonds is 2. The van der Waals surface area contributed by atoms with Gasteiger partial charge in [-0.05, 0) is 24.6 Å². The van der Waals surface area contributed by atoms with Crippen molar-refractivity contribution in [3.05, 3.63) is 23.9 Å². The Balaban J connectivity index is 2.23. The third-order valence-electron chi connectivity index (χ3n) is 2.96. The molecule has 17 heavy (non-hydrogen) atoms. The van der Waals surface area contributed by atoms with Crippen molar-refractivity contribution in [2.24, 2.45) is 0 Å². The zero-order valence-electron chi connectivity index (χ0n) is 9.70. The summed E-state index contributed by atoms with van der Waals surface area (Å²) in [5.74, 6) is 1.07. The Kier molecular flexibility index (Phi) is 3.35. The Morgan fingerprint density at radius 2 is 2.35 bits per heavy atom. The van der Waals surface area contributed by atoms with Gasteiger partial charge in [0.2, 0.25) is 0 Å². The van der Waals surface area contributed by atoms with E-state index in [1.54, 1.807) is 18.3 Å². The number of aromatic nitrogens is 1. The largest absolute Gasteiger partial charge is 0.392 e. The number of hydrogen-bond acceptors (Lipinski definition) is 5. The smallest absolute Gasteiger partial charge is 0.154 e. The fourth-order valence-corrected chi connectivity index (χ4v) is 3.61. The van der Waals surface area contributed by atoms with Crippen LogP contribution in [0.1, 0.15) is 12.5 Å². The molecule has 1 N–H and O–H groups in total. The lowest BCUT2D eigenvalue weighted by Gasteiger charge is -2.34. The van der Waals surface area contributed by atoms with Crippen molar-refractivity contribution >= 4 is 15.7 Å². The minimum atomic E-state index is -2.91. The Morgan fingerprint density at radius 1 is 1.59 bits per heavy atom. The van der Waals surface area contributed by atoms with E-state index < -0.39 is 9.84 Å². The van der Waals surface area contributed by atoms with Crippen molar-refractivity contribution in [3.8, 4) is 0 Å². The van der Waals surface area contributed by atoms with Gasteiger partial charge < -0.3 is 10.0 Å². The van der Waals surface area contributed by atoms with Gasteiger partial charge in [-0.15, -0.1) is 0 Å². The summed E-state index contributed by atoms with van der Waals surface area (Å²) in [6.07, 6.45) is 1.64. The molecule has 0 spiro atoms. The fourth-order valence-electron chi connectivity index (χ4n) is 2.05. The maximum atomic E-state index is 11.5. The van der Waals surface area contributed by atoms with Gasteiger partial charge in [0.25, 0.3) is 0 Å². The van der Waals surface area contributed by atoms with Crippen molar-refractivity contribution in [2.75, 3.05) is 23.0 Å². The molecule has 0 bridgehead atoms. The number of hydrogen-bond donors (Lipinski definition) is 1. The summed E-state index contributed by atoms with van der Waals surface area (Å²) in [5, 5.41) is 9.07. The number of anilines is 1. The highest BCUT2D eigenvalue weighted by molar-refractivity contribution is 7.91. The second kappa shape index (κ2) is 4.62. The van der Waals surface area contributed by atoms with Crippen LogP contribution in [0, 0.1) is 0 Å². The molecule has 6 heteroatoms. The van der Waals surface area contributed by atoms with E-state index in [9.17, 15) is 8.42 Å². The third kappa shape index (κ3) is 2.76. The molecule has 0 aliphatic carbocycles. The molecule has 1 aromatic rings. The fraction of sp³-hybridized carbons (Fsp3) is 0.545. The number of aliphatic hydroxyl groups excluding tert-OH is 1. The van der Waals surface area contributed by atoms with E-state index in [2.05, 4.69) is 4.98 Å². The maximum absolute atomic E-state index is 11.5. The van der Waals surface area contributed by atoms with Crippen LogP contribution in [0.4, 0.5) is 5.82 Å². The van der Waals surface area contributed by atoms with Crippen LogP contribution >= 0.6 is 0 Å². The number of nitrogens with zero attached hydrogens (tertiary/aromatic N) is 2. The average molecular weight is 256 g/mol. The highest BCUT2D eigenvalue weighted by Crippen LogP contribution is 2.20. The van der Waals surface area contributed by atoms with Crippen LogP contribution in [-0.2, 0) is 16.4 Å². The molecule has 1 aliphatic heterocycles. The van der Waals surface area contributed by atoms with Crippen LogP contribution in [0.2, 0.25) is 0 Å². The summed E-state index contributed by atoms with van der Waals surface area (Å²) in [7, 11) is -2.91. The molecule has 1 saturated heterocycles. The lowest BCUT2D eigenvalue weighted by atomic mass is 10.2. The Hall–Kier alpha value is -1.14. The van der Waals surface area contributed by atoms with Crippen LogP contribution in [0.3, 0.4) is 0 Å². The van der Waals surface area contributed by atoms with E-state index in [0.29, 0.717) is 6.54 Å². The highest BCUT2D eigenvalue weighted by Gasteiger charge is 2.28. The van der Waals surface area contributed by atoms with Gasteiger partial charge in [-0.25, -0.2) is 13.4 Å². The van der Waals surface area contributed by atoms with Crippen molar-refractivity contribution in [1.29, 1.82) is 0 Å². The lowest BCUT2D eigenvalue weighted by Crippen LogP contribution is -2.47. The molecule has 2 heterocycles. The Bertz CT molecular complexity index is 501. The molecule has 5 nitrogen and oxygen atoms in total. The van der Waals surface area contributed by atoms with Gasteiger partial charge in [0.15, 0.2) is 9.84 Å². The summed E-state index contributed by atoms with van der Waals surface area (Å²) in [5.41, 5.74) is 0.788. The molecule has 1 unspecified atom stereocenters. The second-order valence-corrected chi connectivity index (χ2v) is 6.57. The lowest BCUT2D eigenvalue weighted by molar-refractivity contribution is 0.281. The first kappa shape index (κ1) is 12.3. The highest BCUT2D eigenvalue weighted by atomic mass is 32.2. The van der Waals surface area contributed by atoms with Crippen molar-refractivity contribution in [2.45, 2.75) is 19.6 Å². The molecule has 0 aromatic carbocycles. The Morgan fingerprint density at radius 3 is 3.00 bits per heavy atom. The van der Waals surface area contributed by atoms with Gasteiger partial charge in [0.05, 0.1) is 18.1 Å². The van der Waals surface area contributed by atoms with E-state index in [4.69, 9.17) is 5.11 Å². The van der Waals surface area contributed by atoms with Gasteiger partial charge in [0.1, 0.15) is 5.82 Å². The number of pyridine rings is 1. The van der Waals surface area contributed by atoms with E-state index in [0.717, 1.165) is 11.4 Å². The van der Waals surface area contributed by atoms with Crippen LogP contribution < -0.4 is 4.90 Å². The van der Waals surface area contributed by atoms with Crippen LogP contribution in [-0.4, -0.2) is 42.6 Å². The van der Waals surface area contributed by atoms with Crippen LogP contribution in [0.15, 0.2) is 18.3 Å². The molecule has 1 aromatic heterocycles. The summed E-state index contributed by atoms with van der Waals surface area (Å²) < 4.78 is 22.9. The minimum absolute atomic E-state index is 0.0317. The first-order valence-corrected chi connectivity index (χ1v) is 7.37. The van der Waals surface area contributed by atoms with Crippen molar-refractivity contribution in [3.63, 3.8) is 0 Å². The first-order chi connectivity index (χ1) is 8.02. The molecule has 0 saturated carbocycles. The maximum Gasteiger partial charge on any atom is 0.154 e. The summed E-state index contributed by atoms with van der Waals surface area (Å²) in [4.78, 5) is 6.20. The van der Waals surface area contributed by atoms with Crippen LogP contribution in [0.5, 0.6) is 0 Å². The molecule has 94 valence electrons. The molecule has 2 rings (SSSR count). The Labute approximate surface area is 101 Å². The zero-order chi connectivity index (χ0) is 12.5. The predicted molar refractivity (Wildman–Crippen MR) is 65.6 cm³/mol. The van der Waals surface area contributed by atoms with Gasteiger partial charge in [-0.2, -0.15) is 0 Å². The summed E-state index contributed by atoms with van der Waals surface area (Å²) in [6.45, 7) is 2.31. The summed E-state index contributed by atoms with van der Waals surface area (Å²) in [6, 6.07) is 3.47. The van der Waals surface area contributed by atoms with Gasteiger partial charge in [-0.3, -0.25) is 0 Å². The number of aliphatic hydroxyl groups is 1. The zero-order valence-corrected chi connectivity index (χ0v) is 10.5. The van der Waals surface area contributed by atoms with E-state index in [1.807, 2.05) is 11.8 Å². The molecule has 0 radical (unpaired) electrons. The van der Waals surface area contributed by atoms with Gasteiger partial charge in [0, 0.05) is 18.8 Å². The standard InChI is InChI=1S/C11H16N2O3S/c1-9-8-17(15,16)5-4-13(9)11-6-10(7-14)2-3-12-11/h2-3,6,9,14H,4-5,7-8H2,1H3. The van der Waals surface area contributed by atoms with Gasteiger partial charge >= 0.3 is 0 Å². The average Bonchev–Trinajstić information content (AvgIpc) is 2.28. The van der Waals surface area contributed by atoms with E-state index >= 15 is 0 Å². The van der Waals surface area contributed by atoms with Crippen molar-refractivity contribution in [1.82, 2.24) is 4.98 Å². The topological polar surface area (TPSA) is 70.5 Å². The molecule has 1 fully saturated rings. The molecular weight excluding hydrogens is 240 g/mol. The minimum Gasteiger partial charge on any atom is -0.392 e. The first-order valence-electron chi connectivity index (χ1n) is 5.55. The van der Waals surface area contributed by atoms with E-state index in [1.165, 1.54) is 0 Å². The van der Waals surface area contributed by atoms with Crippen LogP contribution in [0.25, 0.3) is 0 Å². The molecule has 1 atom stereocenters.